The minimum absolute atomic E-state index is 0.356. The molecule has 0 aliphatic rings. The van der Waals surface area contributed by atoms with Gasteiger partial charge in [-0.05, 0) is 31.9 Å². The maximum absolute atomic E-state index is 11.8. The number of carbonyl (C=O) groups is 1. The first-order valence-corrected chi connectivity index (χ1v) is 7.07. The number of pyridine rings is 1. The first-order chi connectivity index (χ1) is 9.17. The first kappa shape index (κ1) is 13.7. The van der Waals surface area contributed by atoms with Crippen molar-refractivity contribution in [3.05, 3.63) is 34.5 Å². The highest BCUT2D eigenvalue weighted by Gasteiger charge is 2.18. The largest absolute Gasteiger partial charge is 0.461 e. The van der Waals surface area contributed by atoms with Gasteiger partial charge in [-0.25, -0.2) is 9.78 Å². The van der Waals surface area contributed by atoms with E-state index in [1.165, 1.54) is 11.3 Å². The van der Waals surface area contributed by atoms with E-state index in [4.69, 9.17) is 4.74 Å². The molecule has 0 aliphatic carbocycles. The van der Waals surface area contributed by atoms with Crippen LogP contribution in [-0.2, 0) is 11.2 Å². The van der Waals surface area contributed by atoms with Crippen LogP contribution in [-0.4, -0.2) is 22.5 Å². The summed E-state index contributed by atoms with van der Waals surface area (Å²) in [7, 11) is 0. The maximum Gasteiger partial charge on any atom is 0.358 e. The molecule has 0 saturated heterocycles. The van der Waals surface area contributed by atoms with E-state index in [2.05, 4.69) is 16.9 Å². The first-order valence-electron chi connectivity index (χ1n) is 6.26. The number of thiazole rings is 1. The monoisotopic (exact) mass is 276 g/mol. The van der Waals surface area contributed by atoms with E-state index in [0.29, 0.717) is 12.3 Å². The van der Waals surface area contributed by atoms with Crippen molar-refractivity contribution in [1.29, 1.82) is 0 Å². The van der Waals surface area contributed by atoms with Crippen LogP contribution >= 0.6 is 11.3 Å². The number of aryl methyl sites for hydroxylation is 2. The number of rotatable bonds is 4. The van der Waals surface area contributed by atoms with Crippen molar-refractivity contribution in [2.24, 2.45) is 0 Å². The summed E-state index contributed by atoms with van der Waals surface area (Å²) >= 11 is 1.48. The predicted octanol–water partition coefficient (Wildman–Crippen LogP) is 3.25. The van der Waals surface area contributed by atoms with Crippen LogP contribution in [0.15, 0.2) is 18.3 Å². The standard InChI is InChI=1S/C14H16N2O2S/c1-4-10-7-6-8-15-12(10)13-16-11(9(3)19-13)14(17)18-5-2/h6-8H,4-5H2,1-3H3. The van der Waals surface area contributed by atoms with Crippen LogP contribution in [0.5, 0.6) is 0 Å². The second kappa shape index (κ2) is 5.93. The van der Waals surface area contributed by atoms with Gasteiger partial charge < -0.3 is 4.74 Å². The van der Waals surface area contributed by atoms with Gasteiger partial charge in [-0.2, -0.15) is 0 Å². The Morgan fingerprint density at radius 2 is 2.21 bits per heavy atom. The maximum atomic E-state index is 11.8. The summed E-state index contributed by atoms with van der Waals surface area (Å²) in [5.74, 6) is -0.364. The van der Waals surface area contributed by atoms with Gasteiger partial charge in [-0.3, -0.25) is 4.98 Å². The van der Waals surface area contributed by atoms with Crippen molar-refractivity contribution in [2.45, 2.75) is 27.2 Å². The van der Waals surface area contributed by atoms with Crippen molar-refractivity contribution < 1.29 is 9.53 Å². The molecule has 2 rings (SSSR count). The second-order valence-electron chi connectivity index (χ2n) is 4.01. The number of hydrogen-bond acceptors (Lipinski definition) is 5. The van der Waals surface area contributed by atoms with Gasteiger partial charge in [0.1, 0.15) is 10.7 Å². The van der Waals surface area contributed by atoms with Gasteiger partial charge in [-0.15, -0.1) is 11.3 Å². The van der Waals surface area contributed by atoms with Crippen LogP contribution in [0, 0.1) is 6.92 Å². The highest BCUT2D eigenvalue weighted by atomic mass is 32.1. The predicted molar refractivity (Wildman–Crippen MR) is 75.4 cm³/mol. The second-order valence-corrected chi connectivity index (χ2v) is 5.21. The molecule has 0 atom stereocenters. The molecule has 100 valence electrons. The highest BCUT2D eigenvalue weighted by molar-refractivity contribution is 7.15. The molecule has 0 unspecified atom stereocenters. The van der Waals surface area contributed by atoms with E-state index < -0.39 is 0 Å². The zero-order valence-electron chi connectivity index (χ0n) is 11.3. The summed E-state index contributed by atoms with van der Waals surface area (Å²) in [6, 6.07) is 3.94. The zero-order chi connectivity index (χ0) is 13.8. The lowest BCUT2D eigenvalue weighted by atomic mass is 10.1. The van der Waals surface area contributed by atoms with E-state index in [9.17, 15) is 4.79 Å². The van der Waals surface area contributed by atoms with Crippen LogP contribution in [0.25, 0.3) is 10.7 Å². The van der Waals surface area contributed by atoms with Crippen LogP contribution < -0.4 is 0 Å². The number of aromatic nitrogens is 2. The third kappa shape index (κ3) is 2.81. The molecule has 0 aromatic carbocycles. The summed E-state index contributed by atoms with van der Waals surface area (Å²) in [5.41, 5.74) is 2.38. The molecule has 0 fully saturated rings. The van der Waals surface area contributed by atoms with Crippen molar-refractivity contribution >= 4 is 17.3 Å². The third-order valence-corrected chi connectivity index (χ3v) is 3.72. The molecule has 5 heteroatoms. The number of ether oxygens (including phenoxy) is 1. The van der Waals surface area contributed by atoms with E-state index in [0.717, 1.165) is 27.6 Å². The van der Waals surface area contributed by atoms with Gasteiger partial charge in [0.15, 0.2) is 5.69 Å². The minimum Gasteiger partial charge on any atom is -0.461 e. The fourth-order valence-corrected chi connectivity index (χ4v) is 2.74. The molecule has 2 aromatic heterocycles. The van der Waals surface area contributed by atoms with Gasteiger partial charge in [0, 0.05) is 11.1 Å². The van der Waals surface area contributed by atoms with E-state index >= 15 is 0 Å². The SMILES string of the molecule is CCOC(=O)c1nc(-c2ncccc2CC)sc1C. The fourth-order valence-electron chi connectivity index (χ4n) is 1.80. The summed E-state index contributed by atoms with van der Waals surface area (Å²) in [5, 5.41) is 0.776. The topological polar surface area (TPSA) is 52.1 Å². The Labute approximate surface area is 116 Å². The quantitative estimate of drug-likeness (QED) is 0.804. The van der Waals surface area contributed by atoms with Crippen LogP contribution in [0.2, 0.25) is 0 Å². The molecule has 2 aromatic rings. The number of esters is 1. The van der Waals surface area contributed by atoms with Crippen molar-refractivity contribution in [1.82, 2.24) is 9.97 Å². The summed E-state index contributed by atoms with van der Waals surface area (Å²) in [4.78, 5) is 21.4. The molecule has 2 heterocycles. The molecule has 0 amide bonds. The summed E-state index contributed by atoms with van der Waals surface area (Å²) in [6.07, 6.45) is 2.63. The third-order valence-electron chi connectivity index (χ3n) is 2.74. The van der Waals surface area contributed by atoms with E-state index in [1.54, 1.807) is 13.1 Å². The Kier molecular flexibility index (Phi) is 4.27. The molecule has 0 radical (unpaired) electrons. The molecule has 0 spiro atoms. The molecular formula is C14H16N2O2S. The summed E-state index contributed by atoms with van der Waals surface area (Å²) in [6.45, 7) is 6.10. The number of carbonyl (C=O) groups excluding carboxylic acids is 1. The molecule has 0 N–H and O–H groups in total. The average molecular weight is 276 g/mol. The Morgan fingerprint density at radius 3 is 2.89 bits per heavy atom. The normalized spacial score (nSPS) is 10.5. The zero-order valence-corrected chi connectivity index (χ0v) is 12.1. The van der Waals surface area contributed by atoms with Crippen LogP contribution in [0.1, 0.15) is 34.8 Å². The lowest BCUT2D eigenvalue weighted by Gasteiger charge is -2.02. The van der Waals surface area contributed by atoms with Gasteiger partial charge >= 0.3 is 5.97 Å². The lowest BCUT2D eigenvalue weighted by molar-refractivity contribution is 0.0519. The molecule has 0 saturated carbocycles. The van der Waals surface area contributed by atoms with Gasteiger partial charge in [0.05, 0.1) is 6.61 Å². The Morgan fingerprint density at radius 1 is 1.42 bits per heavy atom. The Hall–Kier alpha value is -1.75. The Bertz CT molecular complexity index is 593. The van der Waals surface area contributed by atoms with Crippen molar-refractivity contribution in [2.75, 3.05) is 6.61 Å². The molecule has 0 bridgehead atoms. The lowest BCUT2D eigenvalue weighted by Crippen LogP contribution is -2.06. The van der Waals surface area contributed by atoms with Crippen molar-refractivity contribution in [3.63, 3.8) is 0 Å². The van der Waals surface area contributed by atoms with Crippen LogP contribution in [0.4, 0.5) is 0 Å². The molecule has 4 nitrogen and oxygen atoms in total. The van der Waals surface area contributed by atoms with E-state index in [-0.39, 0.29) is 5.97 Å². The highest BCUT2D eigenvalue weighted by Crippen LogP contribution is 2.29. The Balaban J connectivity index is 2.42. The summed E-state index contributed by atoms with van der Waals surface area (Å²) < 4.78 is 5.00. The van der Waals surface area contributed by atoms with Crippen LogP contribution in [0.3, 0.4) is 0 Å². The molecule has 19 heavy (non-hydrogen) atoms. The molecule has 0 aliphatic heterocycles. The minimum atomic E-state index is -0.364. The van der Waals surface area contributed by atoms with Gasteiger partial charge in [-0.1, -0.05) is 13.0 Å². The number of nitrogens with zero attached hydrogens (tertiary/aromatic N) is 2. The smallest absolute Gasteiger partial charge is 0.358 e. The van der Waals surface area contributed by atoms with E-state index in [1.807, 2.05) is 19.1 Å². The average Bonchev–Trinajstić information content (AvgIpc) is 2.81. The molecular weight excluding hydrogens is 260 g/mol. The fraction of sp³-hybridized carbons (Fsp3) is 0.357. The number of hydrogen-bond donors (Lipinski definition) is 0. The van der Waals surface area contributed by atoms with Crippen molar-refractivity contribution in [3.8, 4) is 10.7 Å². The van der Waals surface area contributed by atoms with Gasteiger partial charge in [0.2, 0.25) is 0 Å². The van der Waals surface area contributed by atoms with Gasteiger partial charge in [0.25, 0.3) is 0 Å².